The molecule has 0 spiro atoms. The molecule has 1 aromatic rings. The van der Waals surface area contributed by atoms with E-state index < -0.39 is 0 Å². The molecule has 1 unspecified atom stereocenters. The lowest BCUT2D eigenvalue weighted by Crippen LogP contribution is -2.47. The molecule has 4 rings (SSSR count). The maximum atomic E-state index is 12.7. The summed E-state index contributed by atoms with van der Waals surface area (Å²) in [6.07, 6.45) is 4.83. The molecule has 144 valence electrons. The first-order valence-corrected chi connectivity index (χ1v) is 10.4. The van der Waals surface area contributed by atoms with Gasteiger partial charge in [-0.3, -0.25) is 4.79 Å². The Bertz CT molecular complexity index is 631. The van der Waals surface area contributed by atoms with Crippen LogP contribution in [0.1, 0.15) is 37.7 Å². The molecule has 2 aliphatic heterocycles. The van der Waals surface area contributed by atoms with Gasteiger partial charge in [0.25, 0.3) is 0 Å². The zero-order valence-electron chi connectivity index (χ0n) is 14.9. The predicted molar refractivity (Wildman–Crippen MR) is 107 cm³/mol. The highest BCUT2D eigenvalue weighted by Crippen LogP contribution is 2.42. The van der Waals surface area contributed by atoms with Crippen molar-refractivity contribution >= 4 is 30.1 Å². The van der Waals surface area contributed by atoms with Crippen molar-refractivity contribution in [1.82, 2.24) is 10.6 Å². The van der Waals surface area contributed by atoms with Gasteiger partial charge < -0.3 is 20.1 Å². The van der Waals surface area contributed by atoms with E-state index >= 15 is 0 Å². The van der Waals surface area contributed by atoms with Gasteiger partial charge in [0.05, 0.1) is 5.54 Å². The zero-order chi connectivity index (χ0) is 17.1. The Balaban J connectivity index is 0.00000196. The minimum Gasteiger partial charge on any atom is -0.486 e. The van der Waals surface area contributed by atoms with Crippen LogP contribution in [0.4, 0.5) is 0 Å². The summed E-state index contributed by atoms with van der Waals surface area (Å²) in [5.41, 5.74) is 0.892. The molecular formula is C19H27ClN2O3S. The lowest BCUT2D eigenvalue weighted by Gasteiger charge is -2.33. The number of rotatable bonds is 4. The van der Waals surface area contributed by atoms with Crippen LogP contribution in [0.2, 0.25) is 0 Å². The third-order valence-electron chi connectivity index (χ3n) is 5.36. The molecule has 1 aromatic carbocycles. The SMILES string of the molecule is Cl.O=C(CC1CSCCN1)NC1(c2ccc3c(c2)OCCO3)CCCC1. The van der Waals surface area contributed by atoms with Gasteiger partial charge in [0, 0.05) is 30.5 Å². The van der Waals surface area contributed by atoms with Gasteiger partial charge in [-0.2, -0.15) is 11.8 Å². The normalized spacial score (nSPS) is 23.8. The number of benzene rings is 1. The maximum Gasteiger partial charge on any atom is 0.222 e. The molecule has 3 aliphatic rings. The predicted octanol–water partition coefficient (Wildman–Crippen LogP) is 2.86. The van der Waals surface area contributed by atoms with Crippen LogP contribution in [0.5, 0.6) is 11.5 Å². The minimum atomic E-state index is -0.255. The second-order valence-corrected chi connectivity index (χ2v) is 8.28. The minimum absolute atomic E-state index is 0. The first kappa shape index (κ1) is 19.6. The second-order valence-electron chi connectivity index (χ2n) is 7.13. The third kappa shape index (κ3) is 4.24. The molecule has 7 heteroatoms. The number of hydrogen-bond acceptors (Lipinski definition) is 5. The molecule has 0 aromatic heterocycles. The van der Waals surface area contributed by atoms with Crippen LogP contribution >= 0.6 is 24.2 Å². The number of carbonyl (C=O) groups is 1. The molecule has 1 amide bonds. The average Bonchev–Trinajstić information content (AvgIpc) is 3.11. The first-order valence-electron chi connectivity index (χ1n) is 9.27. The van der Waals surface area contributed by atoms with Crippen molar-refractivity contribution in [1.29, 1.82) is 0 Å². The fourth-order valence-electron chi connectivity index (χ4n) is 4.10. The highest BCUT2D eigenvalue weighted by atomic mass is 35.5. The molecular weight excluding hydrogens is 372 g/mol. The van der Waals surface area contributed by atoms with Crippen molar-refractivity contribution in [3.63, 3.8) is 0 Å². The van der Waals surface area contributed by atoms with Gasteiger partial charge in [0.2, 0.25) is 5.91 Å². The van der Waals surface area contributed by atoms with Crippen LogP contribution in [-0.2, 0) is 10.3 Å². The molecule has 1 saturated heterocycles. The Morgan fingerprint density at radius 2 is 2.00 bits per heavy atom. The third-order valence-corrected chi connectivity index (χ3v) is 6.49. The number of fused-ring (bicyclic) bond motifs is 1. The van der Waals surface area contributed by atoms with E-state index in [0.29, 0.717) is 19.6 Å². The van der Waals surface area contributed by atoms with E-state index in [1.165, 1.54) is 0 Å². The molecule has 1 aliphatic carbocycles. The van der Waals surface area contributed by atoms with Gasteiger partial charge >= 0.3 is 0 Å². The average molecular weight is 399 g/mol. The van der Waals surface area contributed by atoms with Gasteiger partial charge in [-0.15, -0.1) is 12.4 Å². The molecule has 2 heterocycles. The Hall–Kier alpha value is -1.11. The van der Waals surface area contributed by atoms with Gasteiger partial charge in [0.15, 0.2) is 11.5 Å². The Labute approximate surface area is 165 Å². The quantitative estimate of drug-likeness (QED) is 0.816. The van der Waals surface area contributed by atoms with E-state index in [1.54, 1.807) is 0 Å². The van der Waals surface area contributed by atoms with E-state index in [9.17, 15) is 4.79 Å². The van der Waals surface area contributed by atoms with Gasteiger partial charge in [-0.25, -0.2) is 0 Å². The van der Waals surface area contributed by atoms with Gasteiger partial charge in [-0.1, -0.05) is 18.9 Å². The van der Waals surface area contributed by atoms with Crippen LogP contribution < -0.4 is 20.1 Å². The van der Waals surface area contributed by atoms with E-state index in [4.69, 9.17) is 9.47 Å². The molecule has 0 bridgehead atoms. The summed E-state index contributed by atoms with van der Waals surface area (Å²) in [6, 6.07) is 6.43. The number of carbonyl (C=O) groups excluding carboxylic acids is 1. The molecule has 2 fully saturated rings. The van der Waals surface area contributed by atoms with Crippen molar-refractivity contribution in [2.45, 2.75) is 43.7 Å². The summed E-state index contributed by atoms with van der Waals surface area (Å²) < 4.78 is 11.4. The van der Waals surface area contributed by atoms with Crippen molar-refractivity contribution in [3.8, 4) is 11.5 Å². The largest absolute Gasteiger partial charge is 0.486 e. The van der Waals surface area contributed by atoms with Gasteiger partial charge in [0.1, 0.15) is 13.2 Å². The second kappa shape index (κ2) is 8.72. The molecule has 5 nitrogen and oxygen atoms in total. The van der Waals surface area contributed by atoms with Crippen LogP contribution in [0, 0.1) is 0 Å². The number of thioether (sulfide) groups is 1. The van der Waals surface area contributed by atoms with Crippen LogP contribution in [0.15, 0.2) is 18.2 Å². The lowest BCUT2D eigenvalue weighted by atomic mass is 9.87. The van der Waals surface area contributed by atoms with Gasteiger partial charge in [-0.05, 0) is 30.5 Å². The number of nitrogens with one attached hydrogen (secondary N) is 2. The van der Waals surface area contributed by atoms with Crippen molar-refractivity contribution in [2.24, 2.45) is 0 Å². The lowest BCUT2D eigenvalue weighted by molar-refractivity contribution is -0.123. The highest BCUT2D eigenvalue weighted by molar-refractivity contribution is 7.99. The van der Waals surface area contributed by atoms with Crippen molar-refractivity contribution in [2.75, 3.05) is 31.3 Å². The summed E-state index contributed by atoms with van der Waals surface area (Å²) in [5, 5.41) is 6.83. The maximum absolute atomic E-state index is 12.7. The monoisotopic (exact) mass is 398 g/mol. The number of halogens is 1. The smallest absolute Gasteiger partial charge is 0.222 e. The van der Waals surface area contributed by atoms with Crippen LogP contribution in [-0.4, -0.2) is 43.2 Å². The summed E-state index contributed by atoms with van der Waals surface area (Å²) in [5.74, 6) is 3.91. The van der Waals surface area contributed by atoms with Crippen molar-refractivity contribution in [3.05, 3.63) is 23.8 Å². The summed E-state index contributed by atoms with van der Waals surface area (Å²) in [4.78, 5) is 12.7. The molecule has 2 N–H and O–H groups in total. The molecule has 26 heavy (non-hydrogen) atoms. The standard InChI is InChI=1S/C19H26N2O3S.ClH/c22-18(12-15-13-25-10-7-20-15)21-19(5-1-2-6-19)14-3-4-16-17(11-14)24-9-8-23-16;/h3-4,11,15,20H,1-2,5-10,12-13H2,(H,21,22);1H. The van der Waals surface area contributed by atoms with E-state index in [0.717, 1.165) is 60.8 Å². The molecule has 1 saturated carbocycles. The van der Waals surface area contributed by atoms with E-state index in [1.807, 2.05) is 17.8 Å². The molecule has 0 radical (unpaired) electrons. The Morgan fingerprint density at radius 3 is 2.73 bits per heavy atom. The van der Waals surface area contributed by atoms with Crippen LogP contribution in [0.25, 0.3) is 0 Å². The fraction of sp³-hybridized carbons (Fsp3) is 0.632. The Morgan fingerprint density at radius 1 is 1.23 bits per heavy atom. The number of hydrogen-bond donors (Lipinski definition) is 2. The summed E-state index contributed by atoms with van der Waals surface area (Å²) >= 11 is 1.93. The Kier molecular flexibility index (Phi) is 6.59. The number of amides is 1. The van der Waals surface area contributed by atoms with Crippen LogP contribution in [0.3, 0.4) is 0 Å². The molecule has 1 atom stereocenters. The summed E-state index contributed by atoms with van der Waals surface area (Å²) in [7, 11) is 0. The van der Waals surface area contributed by atoms with E-state index in [-0.39, 0.29) is 29.9 Å². The fourth-order valence-corrected chi connectivity index (χ4v) is 5.05. The highest BCUT2D eigenvalue weighted by Gasteiger charge is 2.38. The first-order chi connectivity index (χ1) is 12.3. The topological polar surface area (TPSA) is 59.6 Å². The van der Waals surface area contributed by atoms with Crippen molar-refractivity contribution < 1.29 is 14.3 Å². The number of ether oxygens (including phenoxy) is 2. The zero-order valence-corrected chi connectivity index (χ0v) is 16.6. The van der Waals surface area contributed by atoms with E-state index in [2.05, 4.69) is 22.8 Å². The summed E-state index contributed by atoms with van der Waals surface area (Å²) in [6.45, 7) is 2.18.